The second kappa shape index (κ2) is 11.1. The van der Waals surface area contributed by atoms with Crippen LogP contribution < -0.4 is 5.32 Å². The highest BCUT2D eigenvalue weighted by Crippen LogP contribution is 2.12. The van der Waals surface area contributed by atoms with Gasteiger partial charge in [-0.25, -0.2) is 4.98 Å². The summed E-state index contributed by atoms with van der Waals surface area (Å²) in [6.07, 6.45) is 0. The van der Waals surface area contributed by atoms with Gasteiger partial charge in [-0.05, 0) is 12.5 Å². The fourth-order valence-corrected chi connectivity index (χ4v) is 2.66. The van der Waals surface area contributed by atoms with Crippen molar-refractivity contribution in [2.24, 2.45) is 5.92 Å². The number of nitrogens with zero attached hydrogens (tertiary/aromatic N) is 2. The first kappa shape index (κ1) is 18.5. The molecule has 0 aromatic carbocycles. The van der Waals surface area contributed by atoms with Crippen molar-refractivity contribution < 1.29 is 9.47 Å². The lowest BCUT2D eigenvalue weighted by molar-refractivity contribution is 0.109. The summed E-state index contributed by atoms with van der Waals surface area (Å²) in [5.74, 6) is 0.669. The lowest BCUT2D eigenvalue weighted by Crippen LogP contribution is -2.30. The summed E-state index contributed by atoms with van der Waals surface area (Å²) in [6.45, 7) is 10.4. The van der Waals surface area contributed by atoms with Crippen molar-refractivity contribution >= 4 is 11.3 Å². The molecule has 1 aromatic heterocycles. The summed E-state index contributed by atoms with van der Waals surface area (Å²) in [7, 11) is 3.46. The molecule has 1 rings (SSSR count). The van der Waals surface area contributed by atoms with Gasteiger partial charge < -0.3 is 14.8 Å². The predicted octanol–water partition coefficient (Wildman–Crippen LogP) is 1.98. The number of nitrogens with one attached hydrogen (secondary N) is 1. The fourth-order valence-electron chi connectivity index (χ4n) is 1.91. The van der Waals surface area contributed by atoms with Crippen molar-refractivity contribution in [3.63, 3.8) is 0 Å². The van der Waals surface area contributed by atoms with Crippen LogP contribution in [-0.4, -0.2) is 57.0 Å². The number of rotatable bonds is 12. The standard InChI is InChI=1S/C15H29N3O2S/c1-13(2)9-16-10-15-17-14(12-21-15)11-18(5-7-19-3)6-8-20-4/h12-13,16H,5-11H2,1-4H3. The highest BCUT2D eigenvalue weighted by molar-refractivity contribution is 7.09. The summed E-state index contributed by atoms with van der Waals surface area (Å²) in [6, 6.07) is 0. The molecule has 0 saturated carbocycles. The summed E-state index contributed by atoms with van der Waals surface area (Å²) < 4.78 is 10.3. The number of hydrogen-bond donors (Lipinski definition) is 1. The number of methoxy groups -OCH3 is 2. The predicted molar refractivity (Wildman–Crippen MR) is 87.7 cm³/mol. The quantitative estimate of drug-likeness (QED) is 0.639. The van der Waals surface area contributed by atoms with Gasteiger partial charge in [0.25, 0.3) is 0 Å². The largest absolute Gasteiger partial charge is 0.383 e. The van der Waals surface area contributed by atoms with Crippen molar-refractivity contribution in [1.82, 2.24) is 15.2 Å². The van der Waals surface area contributed by atoms with Gasteiger partial charge in [0.2, 0.25) is 0 Å². The van der Waals surface area contributed by atoms with Crippen LogP contribution in [0.2, 0.25) is 0 Å². The molecule has 1 N–H and O–H groups in total. The van der Waals surface area contributed by atoms with E-state index in [4.69, 9.17) is 14.5 Å². The van der Waals surface area contributed by atoms with Crippen molar-refractivity contribution in [3.05, 3.63) is 16.1 Å². The molecule has 0 bridgehead atoms. The molecular formula is C15H29N3O2S. The molecule has 0 spiro atoms. The zero-order valence-corrected chi connectivity index (χ0v) is 14.5. The minimum Gasteiger partial charge on any atom is -0.383 e. The SMILES string of the molecule is COCCN(CCOC)Cc1csc(CNCC(C)C)n1. The normalized spacial score (nSPS) is 11.7. The van der Waals surface area contributed by atoms with E-state index in [1.54, 1.807) is 25.6 Å². The highest BCUT2D eigenvalue weighted by atomic mass is 32.1. The second-order valence-corrected chi connectivity index (χ2v) is 6.46. The maximum Gasteiger partial charge on any atom is 0.107 e. The number of aromatic nitrogens is 1. The van der Waals surface area contributed by atoms with Gasteiger partial charge in [0.15, 0.2) is 0 Å². The van der Waals surface area contributed by atoms with E-state index in [0.29, 0.717) is 5.92 Å². The van der Waals surface area contributed by atoms with E-state index in [1.165, 1.54) is 0 Å². The van der Waals surface area contributed by atoms with Gasteiger partial charge in [0.05, 0.1) is 18.9 Å². The molecule has 0 radical (unpaired) electrons. The van der Waals surface area contributed by atoms with Gasteiger partial charge >= 0.3 is 0 Å². The third kappa shape index (κ3) is 8.48. The van der Waals surface area contributed by atoms with Gasteiger partial charge in [-0.2, -0.15) is 0 Å². The molecule has 1 heterocycles. The Hall–Kier alpha value is -0.530. The maximum atomic E-state index is 5.16. The van der Waals surface area contributed by atoms with Crippen LogP contribution in [0.25, 0.3) is 0 Å². The van der Waals surface area contributed by atoms with E-state index >= 15 is 0 Å². The number of thiazole rings is 1. The molecule has 0 aliphatic carbocycles. The van der Waals surface area contributed by atoms with Gasteiger partial charge in [-0.15, -0.1) is 11.3 Å². The first-order chi connectivity index (χ1) is 10.2. The number of hydrogen-bond acceptors (Lipinski definition) is 6. The fraction of sp³-hybridized carbons (Fsp3) is 0.800. The molecule has 0 aliphatic rings. The van der Waals surface area contributed by atoms with E-state index in [-0.39, 0.29) is 0 Å². The van der Waals surface area contributed by atoms with Gasteiger partial charge in [0.1, 0.15) is 5.01 Å². The van der Waals surface area contributed by atoms with E-state index in [9.17, 15) is 0 Å². The van der Waals surface area contributed by atoms with Crippen molar-refractivity contribution in [2.45, 2.75) is 26.9 Å². The van der Waals surface area contributed by atoms with E-state index in [2.05, 4.69) is 29.4 Å². The molecule has 5 nitrogen and oxygen atoms in total. The Balaban J connectivity index is 2.41. The molecule has 122 valence electrons. The topological polar surface area (TPSA) is 46.6 Å². The molecule has 0 fully saturated rings. The summed E-state index contributed by atoms with van der Waals surface area (Å²) in [4.78, 5) is 7.01. The Morgan fingerprint density at radius 1 is 1.24 bits per heavy atom. The maximum absolute atomic E-state index is 5.16. The van der Waals surface area contributed by atoms with Crippen LogP contribution in [-0.2, 0) is 22.6 Å². The highest BCUT2D eigenvalue weighted by Gasteiger charge is 2.09. The van der Waals surface area contributed by atoms with Crippen LogP contribution in [0.15, 0.2) is 5.38 Å². The average molecular weight is 315 g/mol. The Morgan fingerprint density at radius 3 is 2.48 bits per heavy atom. The zero-order chi connectivity index (χ0) is 15.5. The van der Waals surface area contributed by atoms with Gasteiger partial charge in [-0.3, -0.25) is 4.90 Å². The van der Waals surface area contributed by atoms with Crippen molar-refractivity contribution in [2.75, 3.05) is 47.1 Å². The molecule has 0 atom stereocenters. The van der Waals surface area contributed by atoms with Crippen LogP contribution in [0.3, 0.4) is 0 Å². The lowest BCUT2D eigenvalue weighted by atomic mass is 10.2. The van der Waals surface area contributed by atoms with Gasteiger partial charge in [0, 0.05) is 45.8 Å². The van der Waals surface area contributed by atoms with Crippen molar-refractivity contribution in [3.8, 4) is 0 Å². The van der Waals surface area contributed by atoms with E-state index in [1.807, 2.05) is 0 Å². The van der Waals surface area contributed by atoms with Crippen molar-refractivity contribution in [1.29, 1.82) is 0 Å². The molecule has 6 heteroatoms. The number of ether oxygens (including phenoxy) is 2. The molecule has 1 aromatic rings. The Bertz CT molecular complexity index is 364. The van der Waals surface area contributed by atoms with E-state index in [0.717, 1.165) is 56.6 Å². The Morgan fingerprint density at radius 2 is 1.90 bits per heavy atom. The summed E-state index contributed by atoms with van der Waals surface area (Å²) in [5.41, 5.74) is 1.13. The first-order valence-corrected chi connectivity index (χ1v) is 8.38. The van der Waals surface area contributed by atoms with E-state index < -0.39 is 0 Å². The Kier molecular flexibility index (Phi) is 9.78. The minimum absolute atomic E-state index is 0.669. The zero-order valence-electron chi connectivity index (χ0n) is 13.7. The van der Waals surface area contributed by atoms with Crippen LogP contribution in [0.1, 0.15) is 24.5 Å². The summed E-state index contributed by atoms with van der Waals surface area (Å²) >= 11 is 1.73. The van der Waals surface area contributed by atoms with Crippen LogP contribution in [0.5, 0.6) is 0 Å². The Labute approximate surface area is 132 Å². The molecule has 0 aliphatic heterocycles. The monoisotopic (exact) mass is 315 g/mol. The first-order valence-electron chi connectivity index (χ1n) is 7.50. The molecule has 21 heavy (non-hydrogen) atoms. The van der Waals surface area contributed by atoms with Crippen LogP contribution in [0.4, 0.5) is 0 Å². The molecule has 0 saturated heterocycles. The molecular weight excluding hydrogens is 286 g/mol. The third-order valence-electron chi connectivity index (χ3n) is 3.04. The minimum atomic E-state index is 0.669. The molecule has 0 unspecified atom stereocenters. The third-order valence-corrected chi connectivity index (χ3v) is 3.93. The van der Waals surface area contributed by atoms with Crippen LogP contribution in [0, 0.1) is 5.92 Å². The lowest BCUT2D eigenvalue weighted by Gasteiger charge is -2.20. The smallest absolute Gasteiger partial charge is 0.107 e. The summed E-state index contributed by atoms with van der Waals surface area (Å²) in [5, 5.41) is 6.74. The van der Waals surface area contributed by atoms with Gasteiger partial charge in [-0.1, -0.05) is 13.8 Å². The average Bonchev–Trinajstić information content (AvgIpc) is 2.89. The molecule has 0 amide bonds. The van der Waals surface area contributed by atoms with Crippen LogP contribution >= 0.6 is 11.3 Å². The second-order valence-electron chi connectivity index (χ2n) is 5.52.